The van der Waals surface area contributed by atoms with Gasteiger partial charge in [0.15, 0.2) is 0 Å². The van der Waals surface area contributed by atoms with Crippen molar-refractivity contribution in [1.29, 1.82) is 0 Å². The number of aliphatic hydroxyl groups excluding tert-OH is 1. The zero-order valence-corrected chi connectivity index (χ0v) is 9.91. The van der Waals surface area contributed by atoms with E-state index >= 15 is 0 Å². The number of hydrogen-bond donors (Lipinski definition) is 2. The van der Waals surface area contributed by atoms with Crippen LogP contribution in [0.5, 0.6) is 0 Å². The van der Waals surface area contributed by atoms with Crippen molar-refractivity contribution >= 4 is 0 Å². The summed E-state index contributed by atoms with van der Waals surface area (Å²) in [6.07, 6.45) is 10.0. The highest BCUT2D eigenvalue weighted by atomic mass is 16.3. The van der Waals surface area contributed by atoms with Crippen molar-refractivity contribution in [2.75, 3.05) is 0 Å². The van der Waals surface area contributed by atoms with Crippen molar-refractivity contribution in [2.45, 2.75) is 76.5 Å². The van der Waals surface area contributed by atoms with E-state index in [0.717, 1.165) is 12.3 Å². The van der Waals surface area contributed by atoms with Gasteiger partial charge < -0.3 is 10.4 Å². The molecule has 0 unspecified atom stereocenters. The summed E-state index contributed by atoms with van der Waals surface area (Å²) in [7, 11) is 0. The molecular weight excluding hydrogens is 186 g/mol. The molecule has 0 bridgehead atoms. The van der Waals surface area contributed by atoms with E-state index in [1.165, 1.54) is 44.9 Å². The van der Waals surface area contributed by atoms with Crippen molar-refractivity contribution in [3.63, 3.8) is 0 Å². The fourth-order valence-electron chi connectivity index (χ4n) is 3.14. The van der Waals surface area contributed by atoms with Crippen LogP contribution in [-0.4, -0.2) is 23.3 Å². The first-order valence-corrected chi connectivity index (χ1v) is 6.71. The zero-order valence-electron chi connectivity index (χ0n) is 9.91. The lowest BCUT2D eigenvalue weighted by Crippen LogP contribution is -2.50. The highest BCUT2D eigenvalue weighted by Gasteiger charge is 2.28. The molecule has 0 aromatic rings. The van der Waals surface area contributed by atoms with Crippen LogP contribution in [-0.2, 0) is 0 Å². The van der Waals surface area contributed by atoms with Crippen LogP contribution in [0.1, 0.15) is 58.3 Å². The molecule has 2 saturated carbocycles. The van der Waals surface area contributed by atoms with Gasteiger partial charge in [-0.2, -0.15) is 0 Å². The average molecular weight is 211 g/mol. The van der Waals surface area contributed by atoms with Crippen LogP contribution < -0.4 is 5.32 Å². The van der Waals surface area contributed by atoms with Gasteiger partial charge in [0.05, 0.1) is 6.10 Å². The van der Waals surface area contributed by atoms with Crippen LogP contribution in [0.3, 0.4) is 0 Å². The van der Waals surface area contributed by atoms with Crippen LogP contribution in [0.4, 0.5) is 0 Å². The van der Waals surface area contributed by atoms with Gasteiger partial charge in [-0.15, -0.1) is 0 Å². The third-order valence-corrected chi connectivity index (χ3v) is 4.27. The van der Waals surface area contributed by atoms with Crippen molar-refractivity contribution in [3.05, 3.63) is 0 Å². The summed E-state index contributed by atoms with van der Waals surface area (Å²) in [5.41, 5.74) is 0. The van der Waals surface area contributed by atoms with Crippen LogP contribution >= 0.6 is 0 Å². The topological polar surface area (TPSA) is 32.3 Å². The molecule has 0 radical (unpaired) electrons. The predicted octanol–water partition coefficient (Wildman–Crippen LogP) is 2.46. The van der Waals surface area contributed by atoms with E-state index in [2.05, 4.69) is 12.2 Å². The number of rotatable bonds is 2. The van der Waals surface area contributed by atoms with Crippen LogP contribution in [0.2, 0.25) is 0 Å². The van der Waals surface area contributed by atoms with Gasteiger partial charge in [-0.1, -0.05) is 32.6 Å². The molecule has 0 saturated heterocycles. The Morgan fingerprint density at radius 1 is 0.867 bits per heavy atom. The highest BCUT2D eigenvalue weighted by molar-refractivity contribution is 4.87. The van der Waals surface area contributed by atoms with Crippen LogP contribution in [0.25, 0.3) is 0 Å². The molecule has 4 atom stereocenters. The zero-order chi connectivity index (χ0) is 10.7. The molecule has 0 spiro atoms. The third-order valence-electron chi connectivity index (χ3n) is 4.27. The van der Waals surface area contributed by atoms with Crippen molar-refractivity contribution in [1.82, 2.24) is 5.32 Å². The highest BCUT2D eigenvalue weighted by Crippen LogP contribution is 2.26. The molecular formula is C13H25NO. The molecule has 2 aliphatic carbocycles. The maximum atomic E-state index is 9.92. The van der Waals surface area contributed by atoms with Crippen LogP contribution in [0, 0.1) is 5.92 Å². The van der Waals surface area contributed by atoms with Crippen LogP contribution in [0.15, 0.2) is 0 Å². The summed E-state index contributed by atoms with van der Waals surface area (Å²) in [6, 6.07) is 1.04. The largest absolute Gasteiger partial charge is 0.392 e. The Bertz CT molecular complexity index is 175. The standard InChI is InChI=1S/C13H25NO/c1-10-6-2-3-7-11(10)14-12-8-4-5-9-13(12)15/h10-15H,2-9H2,1H3/t10-,11-,12+,13-/m0/s1. The second kappa shape index (κ2) is 5.31. The Morgan fingerprint density at radius 2 is 1.47 bits per heavy atom. The Balaban J connectivity index is 1.83. The lowest BCUT2D eigenvalue weighted by Gasteiger charge is -2.37. The van der Waals surface area contributed by atoms with E-state index in [1.54, 1.807) is 0 Å². The van der Waals surface area contributed by atoms with Crippen molar-refractivity contribution < 1.29 is 5.11 Å². The molecule has 2 heteroatoms. The third kappa shape index (κ3) is 2.94. The molecule has 2 aliphatic rings. The molecule has 0 amide bonds. The van der Waals surface area contributed by atoms with Gasteiger partial charge in [-0.05, 0) is 31.6 Å². The fourth-order valence-corrected chi connectivity index (χ4v) is 3.14. The normalized spacial score (nSPS) is 42.8. The molecule has 2 fully saturated rings. The quantitative estimate of drug-likeness (QED) is 0.735. The molecule has 2 nitrogen and oxygen atoms in total. The Hall–Kier alpha value is -0.0800. The molecule has 0 aliphatic heterocycles. The smallest absolute Gasteiger partial charge is 0.0693 e. The number of nitrogens with one attached hydrogen (secondary N) is 1. The van der Waals surface area contributed by atoms with Gasteiger partial charge in [0.25, 0.3) is 0 Å². The van der Waals surface area contributed by atoms with Crippen molar-refractivity contribution in [2.24, 2.45) is 5.92 Å². The lowest BCUT2D eigenvalue weighted by atomic mass is 9.84. The molecule has 0 heterocycles. The van der Waals surface area contributed by atoms with E-state index < -0.39 is 0 Å². The van der Waals surface area contributed by atoms with E-state index in [4.69, 9.17) is 0 Å². The summed E-state index contributed by atoms with van der Waals surface area (Å²) in [5.74, 6) is 0.799. The Labute approximate surface area is 93.5 Å². The molecule has 0 aromatic heterocycles. The summed E-state index contributed by atoms with van der Waals surface area (Å²) in [4.78, 5) is 0. The average Bonchev–Trinajstić information content (AvgIpc) is 2.24. The first-order chi connectivity index (χ1) is 7.27. The minimum atomic E-state index is -0.0899. The Morgan fingerprint density at radius 3 is 2.13 bits per heavy atom. The fraction of sp³-hybridized carbons (Fsp3) is 1.00. The minimum Gasteiger partial charge on any atom is -0.392 e. The van der Waals surface area contributed by atoms with Crippen molar-refractivity contribution in [3.8, 4) is 0 Å². The second-order valence-corrected chi connectivity index (χ2v) is 5.49. The van der Waals surface area contributed by atoms with E-state index in [0.29, 0.717) is 12.1 Å². The molecule has 2 N–H and O–H groups in total. The predicted molar refractivity (Wildman–Crippen MR) is 62.8 cm³/mol. The number of aliphatic hydroxyl groups is 1. The maximum absolute atomic E-state index is 9.92. The maximum Gasteiger partial charge on any atom is 0.0693 e. The summed E-state index contributed by atoms with van der Waals surface area (Å²) < 4.78 is 0. The second-order valence-electron chi connectivity index (χ2n) is 5.49. The van der Waals surface area contributed by atoms with Gasteiger partial charge in [-0.25, -0.2) is 0 Å². The summed E-state index contributed by atoms with van der Waals surface area (Å²) >= 11 is 0. The summed E-state index contributed by atoms with van der Waals surface area (Å²) in [6.45, 7) is 2.35. The number of hydrogen-bond acceptors (Lipinski definition) is 2. The van der Waals surface area contributed by atoms with Gasteiger partial charge in [0.1, 0.15) is 0 Å². The lowest BCUT2D eigenvalue weighted by molar-refractivity contribution is 0.0758. The van der Waals surface area contributed by atoms with E-state index in [1.807, 2.05) is 0 Å². The molecule has 15 heavy (non-hydrogen) atoms. The van der Waals surface area contributed by atoms with Gasteiger partial charge in [-0.3, -0.25) is 0 Å². The van der Waals surface area contributed by atoms with E-state index in [9.17, 15) is 5.11 Å². The molecule has 0 aromatic carbocycles. The van der Waals surface area contributed by atoms with Gasteiger partial charge in [0.2, 0.25) is 0 Å². The molecule has 88 valence electrons. The first-order valence-electron chi connectivity index (χ1n) is 6.71. The SMILES string of the molecule is C[C@H]1CCCC[C@@H]1N[C@@H]1CCCC[C@@H]1O. The monoisotopic (exact) mass is 211 g/mol. The Kier molecular flexibility index (Phi) is 4.04. The first kappa shape index (κ1) is 11.4. The van der Waals surface area contributed by atoms with Gasteiger partial charge in [0, 0.05) is 12.1 Å². The summed E-state index contributed by atoms with van der Waals surface area (Å²) in [5, 5.41) is 13.6. The molecule has 2 rings (SSSR count). The van der Waals surface area contributed by atoms with E-state index in [-0.39, 0.29) is 6.10 Å². The van der Waals surface area contributed by atoms with Gasteiger partial charge >= 0.3 is 0 Å². The minimum absolute atomic E-state index is 0.0899.